The molecule has 9 nitrogen and oxygen atoms in total. The third kappa shape index (κ3) is 4.98. The van der Waals surface area contributed by atoms with Crippen molar-refractivity contribution < 1.29 is 19.1 Å². The number of thiazole rings is 1. The quantitative estimate of drug-likeness (QED) is 0.491. The zero-order valence-electron chi connectivity index (χ0n) is 19.5. The highest BCUT2D eigenvalue weighted by Gasteiger charge is 2.47. The number of morpholine rings is 1. The number of amides is 4. The van der Waals surface area contributed by atoms with E-state index in [1.54, 1.807) is 24.3 Å². The molecule has 2 fully saturated rings. The number of aryl methyl sites for hydroxylation is 1. The van der Waals surface area contributed by atoms with Crippen LogP contribution in [0.2, 0.25) is 0 Å². The van der Waals surface area contributed by atoms with Crippen LogP contribution in [-0.2, 0) is 20.7 Å². The van der Waals surface area contributed by atoms with Crippen LogP contribution >= 0.6 is 11.3 Å². The van der Waals surface area contributed by atoms with E-state index in [1.807, 2.05) is 42.5 Å². The van der Waals surface area contributed by atoms with E-state index in [9.17, 15) is 14.4 Å². The summed E-state index contributed by atoms with van der Waals surface area (Å²) in [4.78, 5) is 46.1. The number of nitrogens with one attached hydrogen (secondary N) is 2. The third-order valence-corrected chi connectivity index (χ3v) is 7.42. The zero-order valence-corrected chi connectivity index (χ0v) is 20.3. The summed E-state index contributed by atoms with van der Waals surface area (Å²) in [5, 5.41) is 6.50. The van der Waals surface area contributed by atoms with E-state index in [-0.39, 0.29) is 12.5 Å². The predicted octanol–water partition coefficient (Wildman–Crippen LogP) is 3.01. The van der Waals surface area contributed by atoms with Gasteiger partial charge in [-0.3, -0.25) is 14.5 Å². The molecule has 5 rings (SSSR count). The van der Waals surface area contributed by atoms with Gasteiger partial charge in [-0.1, -0.05) is 41.7 Å². The fraction of sp³-hybridized carbons (Fsp3) is 0.360. The Balaban J connectivity index is 1.21. The summed E-state index contributed by atoms with van der Waals surface area (Å²) in [5.74, 6) is -0.820. The predicted molar refractivity (Wildman–Crippen MR) is 135 cm³/mol. The Kier molecular flexibility index (Phi) is 6.40. The van der Waals surface area contributed by atoms with Crippen LogP contribution in [-0.4, -0.2) is 66.1 Å². The van der Waals surface area contributed by atoms with E-state index >= 15 is 0 Å². The molecule has 0 unspecified atom stereocenters. The van der Waals surface area contributed by atoms with Crippen molar-refractivity contribution in [3.05, 3.63) is 54.1 Å². The van der Waals surface area contributed by atoms with Crippen molar-refractivity contribution in [1.82, 2.24) is 15.2 Å². The fourth-order valence-corrected chi connectivity index (χ4v) is 5.38. The number of carbonyl (C=O) groups excluding carboxylic acids is 3. The monoisotopic (exact) mass is 493 g/mol. The van der Waals surface area contributed by atoms with Crippen molar-refractivity contribution in [3.63, 3.8) is 0 Å². The second-order valence-electron chi connectivity index (χ2n) is 8.97. The normalized spacial score (nSPS) is 20.4. The molecule has 0 aliphatic carbocycles. The maximum absolute atomic E-state index is 13.0. The van der Waals surface area contributed by atoms with Gasteiger partial charge in [0, 0.05) is 18.8 Å². The maximum atomic E-state index is 13.0. The minimum Gasteiger partial charge on any atom is -0.378 e. The van der Waals surface area contributed by atoms with Gasteiger partial charge in [-0.15, -0.1) is 0 Å². The number of ether oxygens (including phenoxy) is 1. The summed E-state index contributed by atoms with van der Waals surface area (Å²) in [6.45, 7) is 4.35. The summed E-state index contributed by atoms with van der Waals surface area (Å²) < 4.78 is 6.36. The number of fused-ring (bicyclic) bond motifs is 1. The van der Waals surface area contributed by atoms with Gasteiger partial charge in [-0.05, 0) is 43.5 Å². The highest BCUT2D eigenvalue weighted by molar-refractivity contribution is 7.22. The Hall–Kier alpha value is -3.50. The molecule has 4 amide bonds. The number of aromatic nitrogens is 1. The number of carbonyl (C=O) groups is 3. The highest BCUT2D eigenvalue weighted by atomic mass is 32.1. The Morgan fingerprint density at radius 1 is 1.17 bits per heavy atom. The number of nitrogens with zero attached hydrogens (tertiary/aromatic N) is 3. The van der Waals surface area contributed by atoms with Gasteiger partial charge in [0.1, 0.15) is 12.1 Å². The van der Waals surface area contributed by atoms with Crippen LogP contribution in [0.4, 0.5) is 15.6 Å². The molecule has 1 atom stereocenters. The summed E-state index contributed by atoms with van der Waals surface area (Å²) in [5.41, 5.74) is 1.50. The first kappa shape index (κ1) is 23.3. The lowest BCUT2D eigenvalue weighted by Crippen LogP contribution is -2.45. The van der Waals surface area contributed by atoms with Gasteiger partial charge < -0.3 is 20.3 Å². The fourth-order valence-electron chi connectivity index (χ4n) is 4.32. The van der Waals surface area contributed by atoms with Crippen LogP contribution in [0.5, 0.6) is 0 Å². The van der Waals surface area contributed by atoms with Crippen LogP contribution in [0.1, 0.15) is 18.9 Å². The Bertz CT molecular complexity index is 1260. The molecule has 2 aliphatic heterocycles. The van der Waals surface area contributed by atoms with E-state index in [0.29, 0.717) is 31.7 Å². The van der Waals surface area contributed by atoms with Gasteiger partial charge in [0.05, 0.1) is 23.4 Å². The molecule has 2 aliphatic rings. The van der Waals surface area contributed by atoms with Crippen LogP contribution < -0.4 is 15.5 Å². The molecule has 2 N–H and O–H groups in total. The summed E-state index contributed by atoms with van der Waals surface area (Å²) >= 11 is 1.56. The molecule has 3 heterocycles. The summed E-state index contributed by atoms with van der Waals surface area (Å²) in [7, 11) is 0. The minimum atomic E-state index is -1.04. The average molecular weight is 494 g/mol. The van der Waals surface area contributed by atoms with Crippen molar-refractivity contribution in [3.8, 4) is 0 Å². The number of hydrogen-bond acceptors (Lipinski definition) is 7. The Morgan fingerprint density at radius 3 is 2.71 bits per heavy atom. The lowest BCUT2D eigenvalue weighted by Gasteiger charge is -2.25. The van der Waals surface area contributed by atoms with E-state index in [2.05, 4.69) is 20.5 Å². The van der Waals surface area contributed by atoms with Crippen molar-refractivity contribution in [1.29, 1.82) is 0 Å². The molecular weight excluding hydrogens is 466 g/mol. The second-order valence-corrected chi connectivity index (χ2v) is 9.97. The average Bonchev–Trinajstić information content (AvgIpc) is 3.38. The highest BCUT2D eigenvalue weighted by Crippen LogP contribution is 2.31. The molecule has 1 aromatic heterocycles. The first-order valence-electron chi connectivity index (χ1n) is 11.6. The lowest BCUT2D eigenvalue weighted by molar-refractivity contribution is -0.133. The SMILES string of the molecule is C[C@@]1(CCc2ccccc2)NC(=O)N(CC(=O)Nc2ccc3nc(N4CCOCC4)sc3c2)C1=O. The number of urea groups is 1. The lowest BCUT2D eigenvalue weighted by atomic mass is 9.93. The molecule has 2 aromatic carbocycles. The second kappa shape index (κ2) is 9.63. The van der Waals surface area contributed by atoms with Crippen LogP contribution in [0.15, 0.2) is 48.5 Å². The minimum absolute atomic E-state index is 0.342. The number of hydrogen-bond donors (Lipinski definition) is 2. The molecule has 3 aromatic rings. The number of benzene rings is 2. The molecule has 0 saturated carbocycles. The number of imide groups is 1. The van der Waals surface area contributed by atoms with Crippen LogP contribution in [0, 0.1) is 0 Å². The summed E-state index contributed by atoms with van der Waals surface area (Å²) in [6.07, 6.45) is 1.10. The number of anilines is 2. The van der Waals surface area contributed by atoms with Gasteiger partial charge in [0.2, 0.25) is 5.91 Å². The van der Waals surface area contributed by atoms with Gasteiger partial charge in [0.15, 0.2) is 5.13 Å². The van der Waals surface area contributed by atoms with Crippen molar-refractivity contribution >= 4 is 50.2 Å². The smallest absolute Gasteiger partial charge is 0.325 e. The Morgan fingerprint density at radius 2 is 1.94 bits per heavy atom. The first-order valence-corrected chi connectivity index (χ1v) is 12.4. The first-order chi connectivity index (χ1) is 16.9. The molecule has 10 heteroatoms. The topological polar surface area (TPSA) is 104 Å². The van der Waals surface area contributed by atoms with E-state index in [1.165, 1.54) is 0 Å². The summed E-state index contributed by atoms with van der Waals surface area (Å²) in [6, 6.07) is 14.7. The Labute approximate surface area is 207 Å². The van der Waals surface area contributed by atoms with Crippen molar-refractivity contribution in [2.75, 3.05) is 43.1 Å². The van der Waals surface area contributed by atoms with Gasteiger partial charge in [0.25, 0.3) is 5.91 Å². The van der Waals surface area contributed by atoms with Gasteiger partial charge in [-0.2, -0.15) is 0 Å². The number of rotatable bonds is 7. The molecule has 0 spiro atoms. The standard InChI is InChI=1S/C25H27N5O4S/c1-25(10-9-17-5-3-2-4-6-17)22(32)30(23(33)28-25)16-21(31)26-18-7-8-19-20(15-18)35-24(27-19)29-11-13-34-14-12-29/h2-8,15H,9-14,16H2,1H3,(H,26,31)(H,28,33)/t25-/m0/s1. The van der Waals surface area contributed by atoms with Crippen LogP contribution in [0.25, 0.3) is 10.2 Å². The molecule has 0 bridgehead atoms. The molecule has 35 heavy (non-hydrogen) atoms. The van der Waals surface area contributed by atoms with E-state index in [4.69, 9.17) is 4.74 Å². The van der Waals surface area contributed by atoms with E-state index < -0.39 is 17.5 Å². The third-order valence-electron chi connectivity index (χ3n) is 6.35. The van der Waals surface area contributed by atoms with Crippen molar-refractivity contribution in [2.45, 2.75) is 25.3 Å². The van der Waals surface area contributed by atoms with Gasteiger partial charge >= 0.3 is 6.03 Å². The van der Waals surface area contributed by atoms with Gasteiger partial charge in [-0.25, -0.2) is 9.78 Å². The molecule has 0 radical (unpaired) electrons. The molecule has 182 valence electrons. The van der Waals surface area contributed by atoms with Crippen molar-refractivity contribution in [2.24, 2.45) is 0 Å². The largest absolute Gasteiger partial charge is 0.378 e. The van der Waals surface area contributed by atoms with Crippen LogP contribution in [0.3, 0.4) is 0 Å². The maximum Gasteiger partial charge on any atom is 0.325 e. The van der Waals surface area contributed by atoms with E-state index in [0.717, 1.165) is 38.9 Å². The molecular formula is C25H27N5O4S. The molecule has 2 saturated heterocycles. The zero-order chi connectivity index (χ0) is 24.4.